The number of halogens is 4. The molecule has 0 fully saturated rings. The molecule has 0 aliphatic heterocycles. The number of pyridine rings is 1. The number of alkyl halides is 2. The summed E-state index contributed by atoms with van der Waals surface area (Å²) in [5, 5.41) is 7.97. The average molecular weight is 212 g/mol. The van der Waals surface area contributed by atoms with Gasteiger partial charge in [0.1, 0.15) is 11.0 Å². The number of aromatic nitrogens is 1. The molecule has 0 saturated heterocycles. The first-order chi connectivity index (χ1) is 6.07. The smallest absolute Gasteiger partial charge is 0.269 e. The molecule has 72 valence electrons. The summed E-state index contributed by atoms with van der Waals surface area (Å²) >= 11 is 5.24. The highest BCUT2D eigenvalue weighted by atomic mass is 35.5. The Kier molecular flexibility index (Phi) is 3.11. The summed E-state index contributed by atoms with van der Waals surface area (Å²) < 4.78 is 37.3. The summed E-state index contributed by atoms with van der Waals surface area (Å²) in [4.78, 5) is 3.32. The molecule has 1 heterocycles. The minimum atomic E-state index is -3.04. The highest BCUT2D eigenvalue weighted by molar-refractivity contribution is 6.30. The van der Waals surface area contributed by atoms with E-state index in [9.17, 15) is 13.2 Å². The van der Waals surface area contributed by atoms with E-state index < -0.39 is 29.6 Å². The van der Waals surface area contributed by atoms with Crippen LogP contribution in [0.5, 0.6) is 0 Å². The highest BCUT2D eigenvalue weighted by Gasteiger charge is 2.21. The van der Waals surface area contributed by atoms with Crippen LogP contribution in [0.3, 0.4) is 0 Å². The lowest BCUT2D eigenvalue weighted by Crippen LogP contribution is -2.00. The standard InChI is InChI=1S/C7H5ClF3NO/c8-6-4(7(10)11)5(9)3(2-13)1-12-6/h1,7,13H,2H2. The molecule has 6 heteroatoms. The molecule has 0 aliphatic carbocycles. The number of rotatable bonds is 2. The number of hydrogen-bond donors (Lipinski definition) is 1. The minimum absolute atomic E-state index is 0.292. The van der Waals surface area contributed by atoms with E-state index in [1.807, 2.05) is 0 Å². The molecule has 0 saturated carbocycles. The predicted molar refractivity (Wildman–Crippen MR) is 40.1 cm³/mol. The Bertz CT molecular complexity index is 319. The predicted octanol–water partition coefficient (Wildman–Crippen LogP) is 2.30. The summed E-state index contributed by atoms with van der Waals surface area (Å²) in [5.74, 6) is -1.20. The molecule has 0 bridgehead atoms. The second-order valence-electron chi connectivity index (χ2n) is 2.26. The first-order valence-corrected chi connectivity index (χ1v) is 3.67. The van der Waals surface area contributed by atoms with Crippen LogP contribution in [-0.4, -0.2) is 10.1 Å². The van der Waals surface area contributed by atoms with Gasteiger partial charge in [0.15, 0.2) is 0 Å². The fraction of sp³-hybridized carbons (Fsp3) is 0.286. The van der Waals surface area contributed by atoms with E-state index in [2.05, 4.69) is 4.98 Å². The van der Waals surface area contributed by atoms with Crippen LogP contribution < -0.4 is 0 Å². The van der Waals surface area contributed by atoms with Crippen molar-refractivity contribution < 1.29 is 18.3 Å². The summed E-state index contributed by atoms with van der Waals surface area (Å²) in [6, 6.07) is 0. The van der Waals surface area contributed by atoms with E-state index in [-0.39, 0.29) is 5.56 Å². The third-order valence-corrected chi connectivity index (χ3v) is 1.76. The summed E-state index contributed by atoms with van der Waals surface area (Å²) in [6.45, 7) is -0.685. The van der Waals surface area contributed by atoms with Gasteiger partial charge in [0.2, 0.25) is 0 Å². The zero-order chi connectivity index (χ0) is 10.0. The molecule has 0 amide bonds. The van der Waals surface area contributed by atoms with Crippen LogP contribution in [0.1, 0.15) is 17.6 Å². The molecule has 0 radical (unpaired) electrons. The first kappa shape index (κ1) is 10.3. The van der Waals surface area contributed by atoms with Gasteiger partial charge < -0.3 is 5.11 Å². The molecule has 1 aromatic rings. The van der Waals surface area contributed by atoms with E-state index in [0.717, 1.165) is 6.20 Å². The zero-order valence-electron chi connectivity index (χ0n) is 6.27. The van der Waals surface area contributed by atoms with Gasteiger partial charge in [0.05, 0.1) is 12.2 Å². The Labute approximate surface area is 77.0 Å². The monoisotopic (exact) mass is 211 g/mol. The quantitative estimate of drug-likeness (QED) is 0.762. The SMILES string of the molecule is OCc1cnc(Cl)c(C(F)F)c1F. The molecular formula is C7H5ClF3NO. The minimum Gasteiger partial charge on any atom is -0.392 e. The Balaban J connectivity index is 3.30. The molecular weight excluding hydrogens is 207 g/mol. The van der Waals surface area contributed by atoms with Crippen LogP contribution in [0.15, 0.2) is 6.20 Å². The Morgan fingerprint density at radius 1 is 1.54 bits per heavy atom. The molecule has 13 heavy (non-hydrogen) atoms. The molecule has 0 aromatic carbocycles. The lowest BCUT2D eigenvalue weighted by atomic mass is 10.2. The number of aliphatic hydroxyl groups is 1. The van der Waals surface area contributed by atoms with E-state index in [4.69, 9.17) is 16.7 Å². The fourth-order valence-corrected chi connectivity index (χ4v) is 1.03. The number of nitrogens with zero attached hydrogens (tertiary/aromatic N) is 1. The summed E-state index contributed by atoms with van der Waals surface area (Å²) in [6.07, 6.45) is -2.12. The average Bonchev–Trinajstić information content (AvgIpc) is 2.04. The van der Waals surface area contributed by atoms with Crippen molar-refractivity contribution in [2.45, 2.75) is 13.0 Å². The van der Waals surface area contributed by atoms with Gasteiger partial charge in [-0.05, 0) is 0 Å². The normalized spacial score (nSPS) is 10.9. The lowest BCUT2D eigenvalue weighted by Gasteiger charge is -2.06. The Hall–Kier alpha value is -0.810. The number of aliphatic hydroxyl groups excluding tert-OH is 1. The van der Waals surface area contributed by atoms with Crippen molar-refractivity contribution in [3.05, 3.63) is 28.3 Å². The maximum atomic E-state index is 13.0. The van der Waals surface area contributed by atoms with Crippen molar-refractivity contribution in [3.8, 4) is 0 Å². The Morgan fingerprint density at radius 3 is 2.62 bits per heavy atom. The summed E-state index contributed by atoms with van der Waals surface area (Å²) in [5.41, 5.74) is -1.26. The molecule has 0 spiro atoms. The van der Waals surface area contributed by atoms with Gasteiger partial charge >= 0.3 is 0 Å². The van der Waals surface area contributed by atoms with Crippen LogP contribution in [0.25, 0.3) is 0 Å². The van der Waals surface area contributed by atoms with E-state index in [1.165, 1.54) is 0 Å². The molecule has 0 aliphatic rings. The second-order valence-corrected chi connectivity index (χ2v) is 2.62. The molecule has 1 aromatic heterocycles. The zero-order valence-corrected chi connectivity index (χ0v) is 7.02. The molecule has 2 nitrogen and oxygen atoms in total. The topological polar surface area (TPSA) is 33.1 Å². The van der Waals surface area contributed by atoms with Crippen molar-refractivity contribution in [3.63, 3.8) is 0 Å². The maximum absolute atomic E-state index is 13.0. The molecule has 1 rings (SSSR count). The van der Waals surface area contributed by atoms with Crippen LogP contribution in [0.2, 0.25) is 5.15 Å². The Morgan fingerprint density at radius 2 is 2.15 bits per heavy atom. The third-order valence-electron chi connectivity index (χ3n) is 1.46. The lowest BCUT2D eigenvalue weighted by molar-refractivity contribution is 0.145. The van der Waals surface area contributed by atoms with Crippen molar-refractivity contribution in [1.82, 2.24) is 4.98 Å². The van der Waals surface area contributed by atoms with Crippen LogP contribution >= 0.6 is 11.6 Å². The number of hydrogen-bond acceptors (Lipinski definition) is 2. The largest absolute Gasteiger partial charge is 0.392 e. The van der Waals surface area contributed by atoms with Crippen molar-refractivity contribution in [2.24, 2.45) is 0 Å². The van der Waals surface area contributed by atoms with Crippen molar-refractivity contribution in [2.75, 3.05) is 0 Å². The second kappa shape index (κ2) is 3.93. The summed E-state index contributed by atoms with van der Waals surface area (Å²) in [7, 11) is 0. The van der Waals surface area contributed by atoms with Crippen molar-refractivity contribution >= 4 is 11.6 Å². The van der Waals surface area contributed by atoms with Crippen LogP contribution in [0.4, 0.5) is 13.2 Å². The van der Waals surface area contributed by atoms with Gasteiger partial charge in [0, 0.05) is 11.8 Å². The van der Waals surface area contributed by atoms with Gasteiger partial charge in [-0.15, -0.1) is 0 Å². The van der Waals surface area contributed by atoms with Gasteiger partial charge in [-0.2, -0.15) is 0 Å². The maximum Gasteiger partial charge on any atom is 0.269 e. The van der Waals surface area contributed by atoms with Gasteiger partial charge in [-0.3, -0.25) is 0 Å². The fourth-order valence-electron chi connectivity index (χ4n) is 0.820. The van der Waals surface area contributed by atoms with E-state index >= 15 is 0 Å². The van der Waals surface area contributed by atoms with Gasteiger partial charge in [-0.1, -0.05) is 11.6 Å². The third kappa shape index (κ3) is 1.92. The van der Waals surface area contributed by atoms with E-state index in [0.29, 0.717) is 0 Å². The highest BCUT2D eigenvalue weighted by Crippen LogP contribution is 2.29. The van der Waals surface area contributed by atoms with Crippen molar-refractivity contribution in [1.29, 1.82) is 0 Å². The first-order valence-electron chi connectivity index (χ1n) is 3.29. The van der Waals surface area contributed by atoms with Crippen LogP contribution in [0, 0.1) is 5.82 Å². The molecule has 0 atom stereocenters. The van der Waals surface area contributed by atoms with Crippen LogP contribution in [-0.2, 0) is 6.61 Å². The van der Waals surface area contributed by atoms with E-state index in [1.54, 1.807) is 0 Å². The van der Waals surface area contributed by atoms with Gasteiger partial charge in [-0.25, -0.2) is 18.2 Å². The van der Waals surface area contributed by atoms with Gasteiger partial charge in [0.25, 0.3) is 6.43 Å². The molecule has 1 N–H and O–H groups in total. The molecule has 0 unspecified atom stereocenters.